The van der Waals surface area contributed by atoms with Crippen LogP contribution in [0.15, 0.2) is 30.7 Å². The third-order valence-electron chi connectivity index (χ3n) is 5.54. The number of alkyl halides is 1. The van der Waals surface area contributed by atoms with Crippen LogP contribution in [-0.2, 0) is 18.4 Å². The maximum absolute atomic E-state index is 13.8. The van der Waals surface area contributed by atoms with Crippen molar-refractivity contribution < 1.29 is 9.18 Å². The minimum absolute atomic E-state index is 0.315. The first kappa shape index (κ1) is 20.4. The fraction of sp³-hybridized carbons (Fsp3) is 0.455. The number of nitrogens with zero attached hydrogens (tertiary/aromatic N) is 5. The number of aromatic nitrogens is 4. The van der Waals surface area contributed by atoms with Crippen LogP contribution in [0.2, 0.25) is 0 Å². The number of pyridine rings is 2. The Bertz CT molecular complexity index is 1070. The molecule has 0 bridgehead atoms. The summed E-state index contributed by atoms with van der Waals surface area (Å²) in [5.41, 5.74) is 0.971. The number of likely N-dealkylation sites (tertiary alicyclic amines) is 1. The highest BCUT2D eigenvalue weighted by Crippen LogP contribution is 2.27. The van der Waals surface area contributed by atoms with Gasteiger partial charge in [-0.25, -0.2) is 9.37 Å². The molecule has 1 aliphatic rings. The fourth-order valence-electron chi connectivity index (χ4n) is 3.71. The highest BCUT2D eigenvalue weighted by atomic mass is 19.1. The summed E-state index contributed by atoms with van der Waals surface area (Å²) in [6.45, 7) is 5.50. The molecule has 0 radical (unpaired) electrons. The van der Waals surface area contributed by atoms with E-state index >= 15 is 0 Å². The van der Waals surface area contributed by atoms with Crippen molar-refractivity contribution in [2.75, 3.05) is 18.4 Å². The van der Waals surface area contributed by atoms with Crippen LogP contribution in [-0.4, -0.2) is 49.3 Å². The van der Waals surface area contributed by atoms with Gasteiger partial charge in [0.15, 0.2) is 5.67 Å². The van der Waals surface area contributed by atoms with Gasteiger partial charge in [0.1, 0.15) is 5.82 Å². The average Bonchev–Trinajstić information content (AvgIpc) is 3.08. The molecule has 0 atom stereocenters. The lowest BCUT2D eigenvalue weighted by Crippen LogP contribution is -2.32. The Morgan fingerprint density at radius 2 is 1.83 bits per heavy atom. The van der Waals surface area contributed by atoms with E-state index in [1.807, 2.05) is 24.0 Å². The molecule has 1 saturated heterocycles. The first-order valence-corrected chi connectivity index (χ1v) is 10.3. The molecule has 1 amide bonds. The van der Waals surface area contributed by atoms with E-state index in [9.17, 15) is 9.18 Å². The number of aryl methyl sites for hydroxylation is 1. The van der Waals surface area contributed by atoms with Gasteiger partial charge < -0.3 is 5.32 Å². The van der Waals surface area contributed by atoms with E-state index in [1.165, 1.54) is 33.1 Å². The van der Waals surface area contributed by atoms with E-state index in [4.69, 9.17) is 0 Å². The van der Waals surface area contributed by atoms with Crippen molar-refractivity contribution in [2.45, 2.75) is 45.3 Å². The molecule has 0 spiro atoms. The summed E-state index contributed by atoms with van der Waals surface area (Å²) in [6.07, 6.45) is 9.01. The minimum Gasteiger partial charge on any atom is -0.308 e. The van der Waals surface area contributed by atoms with Crippen molar-refractivity contribution in [2.24, 2.45) is 7.05 Å². The van der Waals surface area contributed by atoms with E-state index in [1.54, 1.807) is 18.5 Å². The van der Waals surface area contributed by atoms with Crippen molar-refractivity contribution in [1.29, 1.82) is 0 Å². The standard InChI is InChI=1S/C22H27FN6O/c1-22(2,23)21(30)27-20-10-15-9-18(24-11-16(15)12-25-20)17-13-26-28(3)19(17)14-29-7-5-4-6-8-29/h9-13H,4-8,14H2,1-3H3,(H,25,27,30). The Morgan fingerprint density at radius 1 is 1.10 bits per heavy atom. The third kappa shape index (κ3) is 4.33. The quantitative estimate of drug-likeness (QED) is 0.694. The molecule has 0 aromatic carbocycles. The summed E-state index contributed by atoms with van der Waals surface area (Å²) in [6, 6.07) is 3.70. The molecule has 1 fully saturated rings. The first-order chi connectivity index (χ1) is 14.3. The number of hydrogen-bond acceptors (Lipinski definition) is 5. The van der Waals surface area contributed by atoms with Crippen LogP contribution in [0.25, 0.3) is 22.0 Å². The number of anilines is 1. The van der Waals surface area contributed by atoms with E-state index in [0.717, 1.165) is 47.4 Å². The number of carbonyl (C=O) groups excluding carboxylic acids is 1. The minimum atomic E-state index is -1.97. The lowest BCUT2D eigenvalue weighted by Gasteiger charge is -2.26. The molecule has 7 nitrogen and oxygen atoms in total. The summed E-state index contributed by atoms with van der Waals surface area (Å²) >= 11 is 0. The lowest BCUT2D eigenvalue weighted by molar-refractivity contribution is -0.125. The second kappa shape index (κ2) is 8.10. The van der Waals surface area contributed by atoms with Gasteiger partial charge in [-0.2, -0.15) is 5.10 Å². The maximum Gasteiger partial charge on any atom is 0.262 e. The molecule has 1 N–H and O–H groups in total. The summed E-state index contributed by atoms with van der Waals surface area (Å²) < 4.78 is 15.8. The van der Waals surface area contributed by atoms with Crippen LogP contribution >= 0.6 is 0 Å². The van der Waals surface area contributed by atoms with E-state index < -0.39 is 11.6 Å². The van der Waals surface area contributed by atoms with Crippen molar-refractivity contribution in [3.8, 4) is 11.3 Å². The molecule has 3 aromatic rings. The van der Waals surface area contributed by atoms with Crippen LogP contribution in [0, 0.1) is 0 Å². The van der Waals surface area contributed by atoms with Crippen molar-refractivity contribution >= 4 is 22.5 Å². The predicted molar refractivity (Wildman–Crippen MR) is 115 cm³/mol. The second-order valence-electron chi connectivity index (χ2n) is 8.38. The number of rotatable bonds is 5. The van der Waals surface area contributed by atoms with Crippen LogP contribution in [0.1, 0.15) is 38.8 Å². The molecule has 158 valence electrons. The van der Waals surface area contributed by atoms with Crippen LogP contribution < -0.4 is 5.32 Å². The third-order valence-corrected chi connectivity index (χ3v) is 5.54. The van der Waals surface area contributed by atoms with Crippen molar-refractivity contribution in [3.05, 3.63) is 36.4 Å². The first-order valence-electron chi connectivity index (χ1n) is 10.3. The van der Waals surface area contributed by atoms with Crippen molar-refractivity contribution in [3.63, 3.8) is 0 Å². The van der Waals surface area contributed by atoms with Gasteiger partial charge in [-0.3, -0.25) is 19.4 Å². The maximum atomic E-state index is 13.8. The molecule has 3 aromatic heterocycles. The number of halogens is 1. The molecule has 4 heterocycles. The normalized spacial score (nSPS) is 15.5. The molecule has 4 rings (SSSR count). The molecule has 0 saturated carbocycles. The van der Waals surface area contributed by atoms with Gasteiger partial charge in [0.25, 0.3) is 5.91 Å². The summed E-state index contributed by atoms with van der Waals surface area (Å²) in [5, 5.41) is 8.71. The Morgan fingerprint density at radius 3 is 2.57 bits per heavy atom. The zero-order valence-electron chi connectivity index (χ0n) is 17.7. The van der Waals surface area contributed by atoms with Gasteiger partial charge in [0, 0.05) is 36.9 Å². The number of fused-ring (bicyclic) bond motifs is 1. The average molecular weight is 410 g/mol. The number of hydrogen-bond donors (Lipinski definition) is 1. The summed E-state index contributed by atoms with van der Waals surface area (Å²) in [5.74, 6) is -0.408. The van der Waals surface area contributed by atoms with Crippen LogP contribution in [0.5, 0.6) is 0 Å². The number of piperidine rings is 1. The lowest BCUT2D eigenvalue weighted by atomic mass is 10.1. The van der Waals surface area contributed by atoms with Crippen LogP contribution in [0.4, 0.5) is 10.2 Å². The topological polar surface area (TPSA) is 75.9 Å². The van der Waals surface area contributed by atoms with Gasteiger partial charge in [0.2, 0.25) is 0 Å². The molecular formula is C22H27FN6O. The monoisotopic (exact) mass is 410 g/mol. The highest BCUT2D eigenvalue weighted by molar-refractivity contribution is 5.97. The number of carbonyl (C=O) groups is 1. The van der Waals surface area contributed by atoms with Gasteiger partial charge in [0.05, 0.1) is 17.6 Å². The Kier molecular flexibility index (Phi) is 5.51. The smallest absolute Gasteiger partial charge is 0.262 e. The number of nitrogens with one attached hydrogen (secondary N) is 1. The second-order valence-corrected chi connectivity index (χ2v) is 8.38. The molecule has 0 unspecified atom stereocenters. The van der Waals surface area contributed by atoms with Gasteiger partial charge >= 0.3 is 0 Å². The summed E-state index contributed by atoms with van der Waals surface area (Å²) in [4.78, 5) is 23.2. The van der Waals surface area contributed by atoms with Crippen molar-refractivity contribution in [1.82, 2.24) is 24.6 Å². The molecular weight excluding hydrogens is 383 g/mol. The Labute approximate surface area is 175 Å². The highest BCUT2D eigenvalue weighted by Gasteiger charge is 2.27. The van der Waals surface area contributed by atoms with Gasteiger partial charge in [-0.1, -0.05) is 6.42 Å². The molecule has 30 heavy (non-hydrogen) atoms. The van der Waals surface area contributed by atoms with Crippen LogP contribution in [0.3, 0.4) is 0 Å². The number of amides is 1. The van der Waals surface area contributed by atoms with E-state index in [2.05, 4.69) is 25.3 Å². The zero-order chi connectivity index (χ0) is 21.3. The SMILES string of the molecule is Cn1ncc(-c2cc3cc(NC(=O)C(C)(C)F)ncc3cn2)c1CN1CCCCC1. The fourth-order valence-corrected chi connectivity index (χ4v) is 3.71. The molecule has 8 heteroatoms. The van der Waals surface area contributed by atoms with Gasteiger partial charge in [-0.15, -0.1) is 0 Å². The molecule has 0 aliphatic carbocycles. The summed E-state index contributed by atoms with van der Waals surface area (Å²) in [7, 11) is 1.96. The largest absolute Gasteiger partial charge is 0.308 e. The molecule has 1 aliphatic heterocycles. The Balaban J connectivity index is 1.64. The van der Waals surface area contributed by atoms with E-state index in [0.29, 0.717) is 5.82 Å². The van der Waals surface area contributed by atoms with Gasteiger partial charge in [-0.05, 0) is 57.3 Å². The predicted octanol–water partition coefficient (Wildman–Crippen LogP) is 3.70. The van der Waals surface area contributed by atoms with E-state index in [-0.39, 0.29) is 0 Å². The zero-order valence-corrected chi connectivity index (χ0v) is 17.7. The Hall–Kier alpha value is -2.87.